The van der Waals surface area contributed by atoms with Crippen LogP contribution in [-0.2, 0) is 4.74 Å². The highest BCUT2D eigenvalue weighted by molar-refractivity contribution is 4.69. The molecule has 1 rings (SSSR count). The summed E-state index contributed by atoms with van der Waals surface area (Å²) in [4.78, 5) is 0. The highest BCUT2D eigenvalue weighted by atomic mass is 16.5. The lowest BCUT2D eigenvalue weighted by molar-refractivity contribution is 0.121. The van der Waals surface area contributed by atoms with Crippen molar-refractivity contribution in [3.8, 4) is 0 Å². The Balaban J connectivity index is 1.99. The second kappa shape index (κ2) is 5.58. The normalized spacial score (nSPS) is 25.4. The monoisotopic (exact) mass is 187 g/mol. The maximum Gasteiger partial charge on any atom is 0.0687 e. The van der Waals surface area contributed by atoms with Crippen LogP contribution in [0, 0.1) is 11.8 Å². The Morgan fingerprint density at radius 3 is 2.85 bits per heavy atom. The summed E-state index contributed by atoms with van der Waals surface area (Å²) in [5.74, 6) is 0.992. The fraction of sp³-hybridized carbons (Fsp3) is 1.00. The molecule has 1 aliphatic rings. The SMILES string of the molecule is CC(C)C(O)CNCC1CCOC1. The maximum atomic E-state index is 9.51. The molecule has 0 saturated carbocycles. The van der Waals surface area contributed by atoms with Crippen molar-refractivity contribution in [3.63, 3.8) is 0 Å². The Labute approximate surface area is 80.5 Å². The Kier molecular flexibility index (Phi) is 4.70. The summed E-state index contributed by atoms with van der Waals surface area (Å²) in [6, 6.07) is 0. The zero-order valence-corrected chi connectivity index (χ0v) is 8.62. The number of aliphatic hydroxyl groups excluding tert-OH is 1. The molecule has 0 aromatic heterocycles. The molecule has 1 fully saturated rings. The quantitative estimate of drug-likeness (QED) is 0.663. The summed E-state index contributed by atoms with van der Waals surface area (Å²) >= 11 is 0. The van der Waals surface area contributed by atoms with Crippen LogP contribution in [0.1, 0.15) is 20.3 Å². The van der Waals surface area contributed by atoms with Gasteiger partial charge in [0.05, 0.1) is 12.7 Å². The van der Waals surface area contributed by atoms with Gasteiger partial charge in [0.1, 0.15) is 0 Å². The Hall–Kier alpha value is -0.120. The van der Waals surface area contributed by atoms with Crippen LogP contribution in [-0.4, -0.2) is 37.5 Å². The molecule has 0 aliphatic carbocycles. The fourth-order valence-electron chi connectivity index (χ4n) is 1.42. The van der Waals surface area contributed by atoms with Crippen LogP contribution in [0.4, 0.5) is 0 Å². The Morgan fingerprint density at radius 1 is 1.54 bits per heavy atom. The molecule has 1 aliphatic heterocycles. The third-order valence-corrected chi connectivity index (χ3v) is 2.58. The van der Waals surface area contributed by atoms with E-state index in [0.717, 1.165) is 26.2 Å². The van der Waals surface area contributed by atoms with E-state index in [1.807, 2.05) is 13.8 Å². The fourth-order valence-corrected chi connectivity index (χ4v) is 1.42. The van der Waals surface area contributed by atoms with Gasteiger partial charge in [0.15, 0.2) is 0 Å². The van der Waals surface area contributed by atoms with E-state index in [4.69, 9.17) is 4.74 Å². The average Bonchev–Trinajstić information content (AvgIpc) is 2.56. The molecular weight excluding hydrogens is 166 g/mol. The van der Waals surface area contributed by atoms with Crippen molar-refractivity contribution in [3.05, 3.63) is 0 Å². The predicted molar refractivity (Wildman–Crippen MR) is 52.6 cm³/mol. The van der Waals surface area contributed by atoms with Crippen molar-refractivity contribution in [2.45, 2.75) is 26.4 Å². The van der Waals surface area contributed by atoms with E-state index in [0.29, 0.717) is 18.4 Å². The number of ether oxygens (including phenoxy) is 1. The highest BCUT2D eigenvalue weighted by Gasteiger charge is 2.15. The molecule has 0 amide bonds. The summed E-state index contributed by atoms with van der Waals surface area (Å²) in [7, 11) is 0. The van der Waals surface area contributed by atoms with E-state index in [1.165, 1.54) is 0 Å². The van der Waals surface area contributed by atoms with Crippen molar-refractivity contribution in [2.75, 3.05) is 26.3 Å². The minimum atomic E-state index is -0.220. The summed E-state index contributed by atoms with van der Waals surface area (Å²) < 4.78 is 5.26. The molecule has 0 aromatic rings. The number of nitrogens with one attached hydrogen (secondary N) is 1. The second-order valence-corrected chi connectivity index (χ2v) is 4.20. The van der Waals surface area contributed by atoms with Crippen molar-refractivity contribution in [1.82, 2.24) is 5.32 Å². The predicted octanol–water partition coefficient (Wildman–Crippen LogP) is 0.629. The van der Waals surface area contributed by atoms with Crippen molar-refractivity contribution >= 4 is 0 Å². The van der Waals surface area contributed by atoms with Crippen LogP contribution < -0.4 is 5.32 Å². The van der Waals surface area contributed by atoms with E-state index >= 15 is 0 Å². The zero-order chi connectivity index (χ0) is 9.68. The first-order valence-electron chi connectivity index (χ1n) is 5.16. The van der Waals surface area contributed by atoms with E-state index in [-0.39, 0.29) is 6.10 Å². The van der Waals surface area contributed by atoms with Gasteiger partial charge in [-0.05, 0) is 18.3 Å². The molecule has 3 heteroatoms. The minimum Gasteiger partial charge on any atom is -0.392 e. The number of rotatable bonds is 5. The van der Waals surface area contributed by atoms with Gasteiger partial charge in [-0.1, -0.05) is 13.8 Å². The van der Waals surface area contributed by atoms with E-state index in [2.05, 4.69) is 5.32 Å². The van der Waals surface area contributed by atoms with E-state index in [1.54, 1.807) is 0 Å². The number of hydrogen-bond acceptors (Lipinski definition) is 3. The molecule has 3 nitrogen and oxygen atoms in total. The summed E-state index contributed by atoms with van der Waals surface area (Å²) in [6.45, 7) is 7.53. The van der Waals surface area contributed by atoms with Gasteiger partial charge in [0.25, 0.3) is 0 Å². The van der Waals surface area contributed by atoms with Gasteiger partial charge in [-0.15, -0.1) is 0 Å². The zero-order valence-electron chi connectivity index (χ0n) is 8.62. The van der Waals surface area contributed by atoms with E-state index in [9.17, 15) is 5.11 Å². The molecule has 1 saturated heterocycles. The minimum absolute atomic E-state index is 0.220. The molecule has 0 radical (unpaired) electrons. The largest absolute Gasteiger partial charge is 0.392 e. The third kappa shape index (κ3) is 4.07. The maximum absolute atomic E-state index is 9.51. The lowest BCUT2D eigenvalue weighted by Crippen LogP contribution is -2.33. The van der Waals surface area contributed by atoms with Gasteiger partial charge >= 0.3 is 0 Å². The molecule has 0 spiro atoms. The van der Waals surface area contributed by atoms with Crippen LogP contribution in [0.2, 0.25) is 0 Å². The first kappa shape index (κ1) is 11.0. The van der Waals surface area contributed by atoms with Crippen molar-refractivity contribution < 1.29 is 9.84 Å². The van der Waals surface area contributed by atoms with Gasteiger partial charge in [0, 0.05) is 19.7 Å². The Morgan fingerprint density at radius 2 is 2.31 bits per heavy atom. The summed E-state index contributed by atoms with van der Waals surface area (Å²) in [5, 5.41) is 12.8. The van der Waals surface area contributed by atoms with Crippen LogP contribution in [0.5, 0.6) is 0 Å². The van der Waals surface area contributed by atoms with Gasteiger partial charge in [0.2, 0.25) is 0 Å². The topological polar surface area (TPSA) is 41.5 Å². The lowest BCUT2D eigenvalue weighted by atomic mass is 10.1. The van der Waals surface area contributed by atoms with Gasteiger partial charge in [-0.3, -0.25) is 0 Å². The molecule has 2 unspecified atom stereocenters. The molecule has 2 N–H and O–H groups in total. The van der Waals surface area contributed by atoms with Crippen LogP contribution in [0.3, 0.4) is 0 Å². The molecule has 78 valence electrons. The first-order chi connectivity index (χ1) is 6.20. The summed E-state index contributed by atoms with van der Waals surface area (Å²) in [5.41, 5.74) is 0. The van der Waals surface area contributed by atoms with Crippen LogP contribution >= 0.6 is 0 Å². The van der Waals surface area contributed by atoms with Gasteiger partial charge < -0.3 is 15.2 Å². The molecule has 0 aromatic carbocycles. The second-order valence-electron chi connectivity index (χ2n) is 4.20. The van der Waals surface area contributed by atoms with Gasteiger partial charge in [-0.2, -0.15) is 0 Å². The van der Waals surface area contributed by atoms with Gasteiger partial charge in [-0.25, -0.2) is 0 Å². The Bertz CT molecular complexity index is 131. The highest BCUT2D eigenvalue weighted by Crippen LogP contribution is 2.10. The first-order valence-corrected chi connectivity index (χ1v) is 5.16. The van der Waals surface area contributed by atoms with Crippen LogP contribution in [0.15, 0.2) is 0 Å². The molecule has 0 bridgehead atoms. The number of aliphatic hydroxyl groups is 1. The number of hydrogen-bond donors (Lipinski definition) is 2. The molecular formula is C10H21NO2. The molecule has 1 heterocycles. The smallest absolute Gasteiger partial charge is 0.0687 e. The lowest BCUT2D eigenvalue weighted by Gasteiger charge is -2.16. The average molecular weight is 187 g/mol. The van der Waals surface area contributed by atoms with Crippen LogP contribution in [0.25, 0.3) is 0 Å². The van der Waals surface area contributed by atoms with Crippen molar-refractivity contribution in [1.29, 1.82) is 0 Å². The van der Waals surface area contributed by atoms with E-state index < -0.39 is 0 Å². The summed E-state index contributed by atoms with van der Waals surface area (Å²) in [6.07, 6.45) is 0.937. The third-order valence-electron chi connectivity index (χ3n) is 2.58. The standard InChI is InChI=1S/C10H21NO2/c1-8(2)10(12)6-11-5-9-3-4-13-7-9/h8-12H,3-7H2,1-2H3. The molecule has 13 heavy (non-hydrogen) atoms. The molecule has 2 atom stereocenters. The van der Waals surface area contributed by atoms with Crippen molar-refractivity contribution in [2.24, 2.45) is 11.8 Å².